The van der Waals surface area contributed by atoms with Gasteiger partial charge < -0.3 is 4.74 Å². The van der Waals surface area contributed by atoms with Crippen LogP contribution in [0.3, 0.4) is 0 Å². The van der Waals surface area contributed by atoms with Crippen molar-refractivity contribution in [3.8, 4) is 0 Å². The Hall–Kier alpha value is 0.611. The summed E-state index contributed by atoms with van der Waals surface area (Å²) >= 11 is 0. The zero-order valence-electron chi connectivity index (χ0n) is 6.77. The van der Waals surface area contributed by atoms with Crippen LogP contribution < -0.4 is 0 Å². The molecule has 0 N–H and O–H groups in total. The van der Waals surface area contributed by atoms with Gasteiger partial charge in [0.1, 0.15) is 0 Å². The van der Waals surface area contributed by atoms with Crippen molar-refractivity contribution >= 4 is 30.7 Å². The summed E-state index contributed by atoms with van der Waals surface area (Å²) in [7, 11) is 3.85. The van der Waals surface area contributed by atoms with Crippen molar-refractivity contribution in [3.05, 3.63) is 0 Å². The fourth-order valence-corrected chi connectivity index (χ4v) is 4.85. The van der Waals surface area contributed by atoms with Crippen molar-refractivity contribution in [2.45, 2.75) is 29.8 Å². The third-order valence-corrected chi connectivity index (χ3v) is 10.5. The lowest BCUT2D eigenvalue weighted by atomic mass is 10.2. The molecule has 0 saturated carbocycles. The Labute approximate surface area is 65.8 Å². The number of rotatable bonds is 2. The summed E-state index contributed by atoms with van der Waals surface area (Å²) in [5, 5.41) is 0.479. The maximum absolute atomic E-state index is 5.62. The first-order valence-corrected chi connectivity index (χ1v) is 7.10. The second-order valence-corrected chi connectivity index (χ2v) is 7.26. The smallest absolute Gasteiger partial charge is 0.0697 e. The minimum atomic E-state index is 0.479. The summed E-state index contributed by atoms with van der Waals surface area (Å²) in [6.45, 7) is 2.28. The van der Waals surface area contributed by atoms with Gasteiger partial charge in [0, 0.05) is 30.7 Å². The molecule has 0 aromatic heterocycles. The van der Waals surface area contributed by atoms with Crippen LogP contribution in [0.25, 0.3) is 0 Å². The first kappa shape index (κ1) is 7.71. The van der Waals surface area contributed by atoms with Gasteiger partial charge in [-0.15, -0.1) is 0 Å². The van der Waals surface area contributed by atoms with E-state index < -0.39 is 0 Å². The number of ether oxygens (including phenoxy) is 1. The molecule has 0 aliphatic carbocycles. The molecule has 1 nitrogen and oxygen atoms in total. The van der Waals surface area contributed by atoms with Crippen molar-refractivity contribution in [2.75, 3.05) is 0 Å². The van der Waals surface area contributed by atoms with E-state index in [1.54, 1.807) is 0 Å². The van der Waals surface area contributed by atoms with E-state index in [0.29, 0.717) is 5.22 Å². The first-order valence-electron chi connectivity index (χ1n) is 3.79. The average molecular weight is 176 g/mol. The molecule has 54 valence electrons. The van der Waals surface area contributed by atoms with Crippen LogP contribution in [0.1, 0.15) is 13.3 Å². The van der Waals surface area contributed by atoms with Crippen LogP contribution in [-0.4, -0.2) is 41.7 Å². The van der Waals surface area contributed by atoms with E-state index in [2.05, 4.69) is 6.92 Å². The van der Waals surface area contributed by atoms with Gasteiger partial charge in [0.05, 0.1) is 11.0 Å². The molecule has 0 aromatic rings. The lowest BCUT2D eigenvalue weighted by Crippen LogP contribution is -2.22. The van der Waals surface area contributed by atoms with E-state index in [1.165, 1.54) is 37.1 Å². The van der Waals surface area contributed by atoms with Crippen molar-refractivity contribution in [1.82, 2.24) is 0 Å². The highest BCUT2D eigenvalue weighted by Gasteiger charge is 2.51. The molecule has 1 heterocycles. The Morgan fingerprint density at radius 2 is 2.22 bits per heavy atom. The summed E-state index contributed by atoms with van der Waals surface area (Å²) in [6.07, 6.45) is 1.34. The molecule has 0 bridgehead atoms. The molecule has 0 aromatic carbocycles. The van der Waals surface area contributed by atoms with E-state index in [9.17, 15) is 0 Å². The summed E-state index contributed by atoms with van der Waals surface area (Å²) in [6, 6.07) is 0. The minimum Gasteiger partial charge on any atom is -0.376 e. The third kappa shape index (κ3) is 1.21. The largest absolute Gasteiger partial charge is 0.376 e. The zero-order valence-corrected chi connectivity index (χ0v) is 12.8. The Kier molecular flexibility index (Phi) is 2.00. The van der Waals surface area contributed by atoms with Gasteiger partial charge in [-0.05, 0) is 5.54 Å². The molecule has 1 aliphatic rings. The van der Waals surface area contributed by atoms with Gasteiger partial charge in [-0.2, -0.15) is 0 Å². The first-order chi connectivity index (χ1) is 4.11. The summed E-state index contributed by atoms with van der Waals surface area (Å²) < 4.78 is 5.62. The van der Waals surface area contributed by atoms with Crippen molar-refractivity contribution in [3.63, 3.8) is 0 Å². The van der Waals surface area contributed by atoms with E-state index >= 15 is 0 Å². The maximum Gasteiger partial charge on any atom is 0.0697 e. The molecule has 9 heavy (non-hydrogen) atoms. The standard InChI is InChI=1S/C5H16OSi3/c1-2-3(7)5(9)4(8)6-5/h3-4H,2H2,1,7-9H3. The highest BCUT2D eigenvalue weighted by Crippen LogP contribution is 2.41. The Bertz CT molecular complexity index is 119. The minimum absolute atomic E-state index is 0.479. The molecule has 1 rings (SSSR count). The number of hydrogen-bond acceptors (Lipinski definition) is 1. The zero-order chi connectivity index (χ0) is 7.07. The summed E-state index contributed by atoms with van der Waals surface area (Å²) in [5.41, 5.74) is 1.68. The number of epoxide rings is 1. The second-order valence-electron chi connectivity index (χ2n) is 3.25. The molecular formula is C5H16OSi3. The predicted molar refractivity (Wildman–Crippen MR) is 51.5 cm³/mol. The fourth-order valence-electron chi connectivity index (χ4n) is 1.27. The third-order valence-electron chi connectivity index (χ3n) is 2.77. The second kappa shape index (κ2) is 2.34. The lowest BCUT2D eigenvalue weighted by Gasteiger charge is -2.12. The van der Waals surface area contributed by atoms with Gasteiger partial charge in [-0.3, -0.25) is 0 Å². The highest BCUT2D eigenvalue weighted by molar-refractivity contribution is 6.31. The SMILES string of the molecule is CCC([SiH3])C1([SiH3])OC1[SiH3]. The van der Waals surface area contributed by atoms with E-state index in [1.807, 2.05) is 0 Å². The molecule has 1 aliphatic heterocycles. The van der Waals surface area contributed by atoms with Gasteiger partial charge in [0.15, 0.2) is 0 Å². The lowest BCUT2D eigenvalue weighted by molar-refractivity contribution is 0.358. The van der Waals surface area contributed by atoms with E-state index in [4.69, 9.17) is 4.74 Å². The van der Waals surface area contributed by atoms with Crippen LogP contribution in [0.5, 0.6) is 0 Å². The normalized spacial score (nSPS) is 45.7. The summed E-state index contributed by atoms with van der Waals surface area (Å²) in [4.78, 5) is 0. The van der Waals surface area contributed by atoms with Crippen LogP contribution in [0.15, 0.2) is 0 Å². The fraction of sp³-hybridized carbons (Fsp3) is 1.00. The van der Waals surface area contributed by atoms with Gasteiger partial charge in [-0.1, -0.05) is 13.3 Å². The molecule has 0 spiro atoms. The quantitative estimate of drug-likeness (QED) is 0.330. The average Bonchev–Trinajstić information content (AvgIpc) is 2.41. The topological polar surface area (TPSA) is 12.5 Å². The molecule has 4 heteroatoms. The van der Waals surface area contributed by atoms with Gasteiger partial charge in [0.25, 0.3) is 0 Å². The highest BCUT2D eigenvalue weighted by atomic mass is 28.2. The van der Waals surface area contributed by atoms with Crippen LogP contribution in [0.2, 0.25) is 5.54 Å². The van der Waals surface area contributed by atoms with Gasteiger partial charge in [-0.25, -0.2) is 0 Å². The van der Waals surface area contributed by atoms with E-state index in [0.717, 1.165) is 11.3 Å². The Balaban J connectivity index is 2.43. The Morgan fingerprint density at radius 1 is 1.78 bits per heavy atom. The van der Waals surface area contributed by atoms with Crippen molar-refractivity contribution in [1.29, 1.82) is 0 Å². The molecule has 3 atom stereocenters. The predicted octanol–water partition coefficient (Wildman–Crippen LogP) is -2.67. The molecular weight excluding hydrogens is 160 g/mol. The molecule has 0 amide bonds. The number of hydrogen-bond donors (Lipinski definition) is 0. The van der Waals surface area contributed by atoms with Crippen LogP contribution in [0.4, 0.5) is 0 Å². The molecule has 0 radical (unpaired) electrons. The monoisotopic (exact) mass is 176 g/mol. The van der Waals surface area contributed by atoms with Gasteiger partial charge >= 0.3 is 0 Å². The van der Waals surface area contributed by atoms with Crippen molar-refractivity contribution in [2.24, 2.45) is 0 Å². The summed E-state index contributed by atoms with van der Waals surface area (Å²) in [5.74, 6) is 0. The van der Waals surface area contributed by atoms with Crippen LogP contribution in [-0.2, 0) is 4.74 Å². The molecule has 1 saturated heterocycles. The van der Waals surface area contributed by atoms with Crippen LogP contribution in [0, 0.1) is 0 Å². The van der Waals surface area contributed by atoms with Gasteiger partial charge in [0.2, 0.25) is 0 Å². The maximum atomic E-state index is 5.62. The molecule has 3 unspecified atom stereocenters. The van der Waals surface area contributed by atoms with E-state index in [-0.39, 0.29) is 0 Å². The van der Waals surface area contributed by atoms with Crippen LogP contribution >= 0.6 is 0 Å². The molecule has 1 fully saturated rings. The Morgan fingerprint density at radius 3 is 2.33 bits per heavy atom. The van der Waals surface area contributed by atoms with Crippen molar-refractivity contribution < 1.29 is 4.74 Å².